The van der Waals surface area contributed by atoms with Gasteiger partial charge < -0.3 is 14.6 Å². The van der Waals surface area contributed by atoms with Crippen LogP contribution in [0.3, 0.4) is 0 Å². The van der Waals surface area contributed by atoms with Gasteiger partial charge in [0.2, 0.25) is 0 Å². The summed E-state index contributed by atoms with van der Waals surface area (Å²) in [5, 5.41) is 3.41. The van der Waals surface area contributed by atoms with Crippen molar-refractivity contribution in [2.24, 2.45) is 0 Å². The average molecular weight is 293 g/mol. The van der Waals surface area contributed by atoms with E-state index in [9.17, 15) is 0 Å². The molecule has 2 rings (SSSR count). The van der Waals surface area contributed by atoms with E-state index in [-0.39, 0.29) is 0 Å². The highest BCUT2D eigenvalue weighted by atomic mass is 16.3. The van der Waals surface area contributed by atoms with E-state index in [4.69, 9.17) is 4.42 Å². The van der Waals surface area contributed by atoms with Crippen molar-refractivity contribution in [1.82, 2.24) is 15.1 Å². The van der Waals surface area contributed by atoms with E-state index < -0.39 is 0 Å². The fourth-order valence-corrected chi connectivity index (χ4v) is 2.97. The lowest BCUT2D eigenvalue weighted by Crippen LogP contribution is -2.50. The summed E-state index contributed by atoms with van der Waals surface area (Å²) >= 11 is 0. The monoisotopic (exact) mass is 293 g/mol. The molecule has 1 fully saturated rings. The molecule has 1 aromatic heterocycles. The fourth-order valence-electron chi connectivity index (χ4n) is 2.97. The lowest BCUT2D eigenvalue weighted by atomic mass is 10.1. The van der Waals surface area contributed by atoms with Crippen LogP contribution in [0.4, 0.5) is 0 Å². The van der Waals surface area contributed by atoms with Gasteiger partial charge in [-0.2, -0.15) is 0 Å². The summed E-state index contributed by atoms with van der Waals surface area (Å²) < 4.78 is 5.88. The minimum atomic E-state index is 0.488. The number of hydrogen-bond acceptors (Lipinski definition) is 4. The van der Waals surface area contributed by atoms with Gasteiger partial charge in [0.05, 0.1) is 6.54 Å². The highest BCUT2D eigenvalue weighted by Crippen LogP contribution is 2.19. The van der Waals surface area contributed by atoms with Gasteiger partial charge in [-0.25, -0.2) is 0 Å². The average Bonchev–Trinajstić information content (AvgIpc) is 2.79. The first-order valence-electron chi connectivity index (χ1n) is 8.23. The van der Waals surface area contributed by atoms with Gasteiger partial charge in [-0.05, 0) is 26.5 Å². The summed E-state index contributed by atoms with van der Waals surface area (Å²) in [6, 6.07) is 3.40. The van der Waals surface area contributed by atoms with Crippen LogP contribution in [0.15, 0.2) is 10.5 Å². The number of likely N-dealkylation sites (N-methyl/N-ethyl adjacent to an activating group) is 1. The zero-order valence-electron chi connectivity index (χ0n) is 14.3. The Morgan fingerprint density at radius 3 is 2.81 bits per heavy atom. The van der Waals surface area contributed by atoms with Gasteiger partial charge in [0, 0.05) is 43.8 Å². The van der Waals surface area contributed by atoms with E-state index >= 15 is 0 Å². The van der Waals surface area contributed by atoms with Gasteiger partial charge in [0.15, 0.2) is 0 Å². The molecule has 0 saturated carbocycles. The molecule has 1 aliphatic rings. The van der Waals surface area contributed by atoms with Gasteiger partial charge in [-0.1, -0.05) is 20.8 Å². The number of piperazine rings is 1. The largest absolute Gasteiger partial charge is 0.465 e. The molecule has 1 N–H and O–H groups in total. The molecule has 4 nitrogen and oxygen atoms in total. The van der Waals surface area contributed by atoms with Crippen molar-refractivity contribution in [2.45, 2.75) is 59.3 Å². The van der Waals surface area contributed by atoms with Crippen molar-refractivity contribution in [1.29, 1.82) is 0 Å². The van der Waals surface area contributed by atoms with E-state index in [1.165, 1.54) is 12.0 Å². The van der Waals surface area contributed by atoms with Gasteiger partial charge >= 0.3 is 0 Å². The van der Waals surface area contributed by atoms with E-state index in [1.54, 1.807) is 0 Å². The number of aryl methyl sites for hydroxylation is 1. The van der Waals surface area contributed by atoms with Crippen molar-refractivity contribution in [2.75, 3.05) is 26.7 Å². The second kappa shape index (κ2) is 7.43. The first kappa shape index (κ1) is 16.5. The Balaban J connectivity index is 1.93. The van der Waals surface area contributed by atoms with Crippen LogP contribution in [0.1, 0.15) is 44.3 Å². The predicted octanol–water partition coefficient (Wildman–Crippen LogP) is 2.61. The number of nitrogens with one attached hydrogen (secondary N) is 1. The molecule has 1 aliphatic heterocycles. The fraction of sp³-hybridized carbons (Fsp3) is 0.765. The van der Waals surface area contributed by atoms with Gasteiger partial charge in [-0.3, -0.25) is 4.90 Å². The van der Waals surface area contributed by atoms with Crippen LogP contribution in [0.25, 0.3) is 0 Å². The Kier molecular flexibility index (Phi) is 5.85. The molecule has 1 saturated heterocycles. The van der Waals surface area contributed by atoms with E-state index in [0.717, 1.165) is 44.2 Å². The minimum Gasteiger partial charge on any atom is -0.465 e. The van der Waals surface area contributed by atoms with Crippen molar-refractivity contribution >= 4 is 0 Å². The maximum absolute atomic E-state index is 5.88. The van der Waals surface area contributed by atoms with E-state index in [1.807, 2.05) is 0 Å². The number of hydrogen-bond donors (Lipinski definition) is 1. The molecule has 2 heterocycles. The molecule has 0 spiro atoms. The van der Waals surface area contributed by atoms with Crippen LogP contribution >= 0.6 is 0 Å². The third-order valence-corrected chi connectivity index (χ3v) is 4.48. The SMILES string of the molecule is CCC1CN(Cc2cc(CNC(C)C)oc2C)CCN1C. The maximum atomic E-state index is 5.88. The molecule has 1 aromatic rings. The Hall–Kier alpha value is -0.840. The summed E-state index contributed by atoms with van der Waals surface area (Å²) in [7, 11) is 2.24. The summed E-state index contributed by atoms with van der Waals surface area (Å²) in [4.78, 5) is 5.04. The molecule has 0 radical (unpaired) electrons. The Labute approximate surface area is 129 Å². The van der Waals surface area contributed by atoms with E-state index in [2.05, 4.69) is 55.9 Å². The van der Waals surface area contributed by atoms with Crippen molar-refractivity contribution < 1.29 is 4.42 Å². The molecule has 0 amide bonds. The van der Waals surface area contributed by atoms with Crippen LogP contribution < -0.4 is 5.32 Å². The summed E-state index contributed by atoms with van der Waals surface area (Å²) in [5.41, 5.74) is 1.34. The Bertz CT molecular complexity index is 441. The summed E-state index contributed by atoms with van der Waals surface area (Å²) in [5.74, 6) is 2.12. The predicted molar refractivity (Wildman–Crippen MR) is 87.4 cm³/mol. The van der Waals surface area contributed by atoms with Crippen molar-refractivity contribution in [3.63, 3.8) is 0 Å². The van der Waals surface area contributed by atoms with Gasteiger partial charge in [-0.15, -0.1) is 0 Å². The zero-order valence-corrected chi connectivity index (χ0v) is 14.3. The highest BCUT2D eigenvalue weighted by molar-refractivity contribution is 5.21. The lowest BCUT2D eigenvalue weighted by molar-refractivity contribution is 0.0880. The van der Waals surface area contributed by atoms with Crippen molar-refractivity contribution in [3.05, 3.63) is 23.2 Å². The second-order valence-electron chi connectivity index (χ2n) is 6.61. The van der Waals surface area contributed by atoms with Crippen LogP contribution in [0, 0.1) is 6.92 Å². The van der Waals surface area contributed by atoms with Gasteiger partial charge in [0.25, 0.3) is 0 Å². The van der Waals surface area contributed by atoms with Gasteiger partial charge in [0.1, 0.15) is 11.5 Å². The molecule has 1 atom stereocenters. The molecule has 21 heavy (non-hydrogen) atoms. The standard InChI is InChI=1S/C17H31N3O/c1-6-16-12-20(8-7-19(16)5)11-15-9-17(21-14(15)4)10-18-13(2)3/h9,13,16,18H,6-8,10-12H2,1-5H3. The summed E-state index contributed by atoms with van der Waals surface area (Å²) in [6.07, 6.45) is 1.22. The molecular formula is C17H31N3O. The van der Waals surface area contributed by atoms with Crippen LogP contribution in [-0.4, -0.2) is 48.6 Å². The molecular weight excluding hydrogens is 262 g/mol. The lowest BCUT2D eigenvalue weighted by Gasteiger charge is -2.39. The third-order valence-electron chi connectivity index (χ3n) is 4.48. The number of furan rings is 1. The molecule has 1 unspecified atom stereocenters. The topological polar surface area (TPSA) is 31.6 Å². The molecule has 0 aliphatic carbocycles. The normalized spacial score (nSPS) is 21.3. The minimum absolute atomic E-state index is 0.488. The molecule has 0 bridgehead atoms. The number of rotatable bonds is 6. The third kappa shape index (κ3) is 4.56. The Morgan fingerprint density at radius 2 is 2.14 bits per heavy atom. The molecule has 120 valence electrons. The smallest absolute Gasteiger partial charge is 0.118 e. The second-order valence-corrected chi connectivity index (χ2v) is 6.61. The van der Waals surface area contributed by atoms with E-state index in [0.29, 0.717) is 12.1 Å². The van der Waals surface area contributed by atoms with Crippen molar-refractivity contribution in [3.8, 4) is 0 Å². The zero-order chi connectivity index (χ0) is 15.4. The first-order valence-corrected chi connectivity index (χ1v) is 8.23. The summed E-state index contributed by atoms with van der Waals surface area (Å²) in [6.45, 7) is 14.0. The maximum Gasteiger partial charge on any atom is 0.118 e. The van der Waals surface area contributed by atoms with Crippen LogP contribution in [0.2, 0.25) is 0 Å². The first-order chi connectivity index (χ1) is 9.99. The van der Waals surface area contributed by atoms with Crippen LogP contribution in [0.5, 0.6) is 0 Å². The molecule has 0 aromatic carbocycles. The van der Waals surface area contributed by atoms with Crippen LogP contribution in [-0.2, 0) is 13.1 Å². The quantitative estimate of drug-likeness (QED) is 0.874. The molecule has 4 heteroatoms. The number of nitrogens with zero attached hydrogens (tertiary/aromatic N) is 2. The highest BCUT2D eigenvalue weighted by Gasteiger charge is 2.23. The Morgan fingerprint density at radius 1 is 1.38 bits per heavy atom.